The molecule has 2 aromatic rings. The lowest BCUT2D eigenvalue weighted by molar-refractivity contribution is 0.590. The van der Waals surface area contributed by atoms with Crippen molar-refractivity contribution in [2.45, 2.75) is 33.0 Å². The highest BCUT2D eigenvalue weighted by molar-refractivity contribution is 5.84. The van der Waals surface area contributed by atoms with Crippen molar-refractivity contribution in [3.05, 3.63) is 35.5 Å². The van der Waals surface area contributed by atoms with Gasteiger partial charge in [0.2, 0.25) is 0 Å². The van der Waals surface area contributed by atoms with E-state index in [1.165, 1.54) is 22.0 Å². The van der Waals surface area contributed by atoms with E-state index in [2.05, 4.69) is 55.2 Å². The smallest absolute Gasteiger partial charge is 0.0481 e. The van der Waals surface area contributed by atoms with Gasteiger partial charge >= 0.3 is 0 Å². The minimum Gasteiger partial charge on any atom is -0.350 e. The molecule has 0 saturated carbocycles. The third-order valence-electron chi connectivity index (χ3n) is 3.07. The van der Waals surface area contributed by atoms with Crippen LogP contribution < -0.4 is 11.1 Å². The first-order valence-corrected chi connectivity index (χ1v) is 6.12. The molecular formula is C14H21N3. The number of benzene rings is 1. The van der Waals surface area contributed by atoms with Gasteiger partial charge in [-0.1, -0.05) is 19.9 Å². The van der Waals surface area contributed by atoms with Crippen molar-refractivity contribution in [1.82, 2.24) is 9.88 Å². The zero-order valence-electron chi connectivity index (χ0n) is 10.8. The van der Waals surface area contributed by atoms with E-state index in [0.29, 0.717) is 12.6 Å². The van der Waals surface area contributed by atoms with Crippen LogP contribution in [-0.4, -0.2) is 10.6 Å². The molecule has 0 radical (unpaired) electrons. The molecule has 1 heterocycles. The number of nitrogens with zero attached hydrogens (tertiary/aromatic N) is 1. The second kappa shape index (κ2) is 4.90. The maximum Gasteiger partial charge on any atom is 0.0481 e. The van der Waals surface area contributed by atoms with Crippen molar-refractivity contribution in [3.63, 3.8) is 0 Å². The van der Waals surface area contributed by atoms with Gasteiger partial charge in [-0.15, -0.1) is 0 Å². The Bertz CT molecular complexity index is 511. The quantitative estimate of drug-likeness (QED) is 0.846. The van der Waals surface area contributed by atoms with E-state index in [9.17, 15) is 0 Å². The Kier molecular flexibility index (Phi) is 3.50. The largest absolute Gasteiger partial charge is 0.350 e. The average molecular weight is 231 g/mol. The van der Waals surface area contributed by atoms with Crippen LogP contribution in [0.2, 0.25) is 0 Å². The van der Waals surface area contributed by atoms with E-state index in [-0.39, 0.29) is 0 Å². The van der Waals surface area contributed by atoms with Crippen LogP contribution in [0.3, 0.4) is 0 Å². The van der Waals surface area contributed by atoms with Crippen molar-refractivity contribution in [2.75, 3.05) is 0 Å². The van der Waals surface area contributed by atoms with Crippen LogP contribution >= 0.6 is 0 Å². The van der Waals surface area contributed by atoms with Crippen molar-refractivity contribution in [3.8, 4) is 0 Å². The average Bonchev–Trinajstić information content (AvgIpc) is 2.63. The van der Waals surface area contributed by atoms with Crippen LogP contribution in [0, 0.1) is 0 Å². The number of aromatic nitrogens is 1. The summed E-state index contributed by atoms with van der Waals surface area (Å²) in [6.45, 7) is 5.83. The number of hydrogen-bond acceptors (Lipinski definition) is 2. The monoisotopic (exact) mass is 231 g/mol. The molecule has 1 aromatic heterocycles. The molecule has 0 aliphatic heterocycles. The first kappa shape index (κ1) is 12.1. The summed E-state index contributed by atoms with van der Waals surface area (Å²) in [4.78, 5) is 0. The van der Waals surface area contributed by atoms with E-state index in [1.807, 2.05) is 0 Å². The molecule has 1 aromatic carbocycles. The van der Waals surface area contributed by atoms with Gasteiger partial charge in [-0.25, -0.2) is 0 Å². The van der Waals surface area contributed by atoms with E-state index >= 15 is 0 Å². The molecular weight excluding hydrogens is 210 g/mol. The van der Waals surface area contributed by atoms with Crippen molar-refractivity contribution in [1.29, 1.82) is 0 Å². The molecule has 3 heteroatoms. The van der Waals surface area contributed by atoms with E-state index in [4.69, 9.17) is 5.73 Å². The molecule has 3 nitrogen and oxygen atoms in total. The lowest BCUT2D eigenvalue weighted by atomic mass is 10.1. The Morgan fingerprint density at radius 1 is 1.35 bits per heavy atom. The Morgan fingerprint density at radius 3 is 2.76 bits per heavy atom. The number of aryl methyl sites for hydroxylation is 1. The van der Waals surface area contributed by atoms with E-state index in [1.54, 1.807) is 0 Å². The standard InChI is InChI=1S/C14H21N3/c1-10(2)16-8-12-9-17(3)14-5-4-11(7-15)6-13(12)14/h4-6,9-10,16H,7-8,15H2,1-3H3. The molecule has 2 rings (SSSR count). The molecule has 0 aliphatic carbocycles. The zero-order valence-corrected chi connectivity index (χ0v) is 10.8. The molecule has 0 atom stereocenters. The van der Waals surface area contributed by atoms with Gasteiger partial charge in [-0.3, -0.25) is 0 Å². The van der Waals surface area contributed by atoms with Crippen LogP contribution in [0.4, 0.5) is 0 Å². The number of fused-ring (bicyclic) bond motifs is 1. The predicted molar refractivity (Wildman–Crippen MR) is 72.8 cm³/mol. The van der Waals surface area contributed by atoms with Gasteiger partial charge in [0.15, 0.2) is 0 Å². The predicted octanol–water partition coefficient (Wildman–Crippen LogP) is 2.13. The summed E-state index contributed by atoms with van der Waals surface area (Å²) in [5.74, 6) is 0. The summed E-state index contributed by atoms with van der Waals surface area (Å²) in [5, 5.41) is 4.77. The van der Waals surface area contributed by atoms with Crippen molar-refractivity contribution >= 4 is 10.9 Å². The minimum atomic E-state index is 0.503. The maximum atomic E-state index is 5.70. The van der Waals surface area contributed by atoms with Gasteiger partial charge < -0.3 is 15.6 Å². The van der Waals surface area contributed by atoms with Gasteiger partial charge in [0.1, 0.15) is 0 Å². The Morgan fingerprint density at radius 2 is 2.12 bits per heavy atom. The van der Waals surface area contributed by atoms with Crippen LogP contribution in [-0.2, 0) is 20.1 Å². The fraction of sp³-hybridized carbons (Fsp3) is 0.429. The van der Waals surface area contributed by atoms with Crippen molar-refractivity contribution < 1.29 is 0 Å². The number of nitrogens with one attached hydrogen (secondary N) is 1. The maximum absolute atomic E-state index is 5.70. The minimum absolute atomic E-state index is 0.503. The number of hydrogen-bond donors (Lipinski definition) is 2. The Hall–Kier alpha value is -1.32. The van der Waals surface area contributed by atoms with Gasteiger partial charge in [0.25, 0.3) is 0 Å². The third kappa shape index (κ3) is 2.51. The summed E-state index contributed by atoms with van der Waals surface area (Å²) in [5.41, 5.74) is 9.49. The fourth-order valence-electron chi connectivity index (χ4n) is 2.10. The molecule has 17 heavy (non-hydrogen) atoms. The lowest BCUT2D eigenvalue weighted by Gasteiger charge is -2.07. The van der Waals surface area contributed by atoms with Crippen LogP contribution in [0.25, 0.3) is 10.9 Å². The summed E-state index contributed by atoms with van der Waals surface area (Å²) < 4.78 is 2.17. The molecule has 3 N–H and O–H groups in total. The molecule has 0 bridgehead atoms. The first-order chi connectivity index (χ1) is 8.11. The van der Waals surface area contributed by atoms with Crippen LogP contribution in [0.5, 0.6) is 0 Å². The Labute approximate surface area is 103 Å². The van der Waals surface area contributed by atoms with Gasteiger partial charge in [0.05, 0.1) is 0 Å². The van der Waals surface area contributed by atoms with Crippen molar-refractivity contribution in [2.24, 2.45) is 12.8 Å². The lowest BCUT2D eigenvalue weighted by Crippen LogP contribution is -2.21. The zero-order chi connectivity index (χ0) is 12.4. The van der Waals surface area contributed by atoms with Crippen LogP contribution in [0.15, 0.2) is 24.4 Å². The molecule has 92 valence electrons. The molecule has 0 amide bonds. The molecule has 0 saturated heterocycles. The molecule has 0 fully saturated rings. The van der Waals surface area contributed by atoms with Crippen LogP contribution in [0.1, 0.15) is 25.0 Å². The Balaban J connectivity index is 2.40. The van der Waals surface area contributed by atoms with Gasteiger partial charge in [-0.05, 0) is 23.3 Å². The van der Waals surface area contributed by atoms with E-state index < -0.39 is 0 Å². The second-order valence-electron chi connectivity index (χ2n) is 4.86. The summed E-state index contributed by atoms with van der Waals surface area (Å²) in [7, 11) is 2.09. The third-order valence-corrected chi connectivity index (χ3v) is 3.07. The topological polar surface area (TPSA) is 43.0 Å². The molecule has 0 spiro atoms. The van der Waals surface area contributed by atoms with Gasteiger partial charge in [0, 0.05) is 43.3 Å². The summed E-state index contributed by atoms with van der Waals surface area (Å²) >= 11 is 0. The number of nitrogens with two attached hydrogens (primary N) is 1. The molecule has 0 aliphatic rings. The highest BCUT2D eigenvalue weighted by Crippen LogP contribution is 2.22. The SMILES string of the molecule is CC(C)NCc1cn(C)c2ccc(CN)cc12. The number of rotatable bonds is 4. The summed E-state index contributed by atoms with van der Waals surface area (Å²) in [6.07, 6.45) is 2.19. The highest BCUT2D eigenvalue weighted by atomic mass is 14.9. The van der Waals surface area contributed by atoms with Gasteiger partial charge in [-0.2, -0.15) is 0 Å². The molecule has 0 unspecified atom stereocenters. The fourth-order valence-corrected chi connectivity index (χ4v) is 2.10. The summed E-state index contributed by atoms with van der Waals surface area (Å²) in [6, 6.07) is 6.95. The second-order valence-corrected chi connectivity index (χ2v) is 4.86. The van der Waals surface area contributed by atoms with E-state index in [0.717, 1.165) is 6.54 Å². The highest BCUT2D eigenvalue weighted by Gasteiger charge is 2.07. The normalized spacial score (nSPS) is 11.6. The first-order valence-electron chi connectivity index (χ1n) is 6.12.